The Labute approximate surface area is 159 Å². The molecule has 5 nitrogen and oxygen atoms in total. The topological polar surface area (TPSA) is 71.3 Å². The maximum absolute atomic E-state index is 12.2. The summed E-state index contributed by atoms with van der Waals surface area (Å²) in [5.74, 6) is -1.30. The van der Waals surface area contributed by atoms with E-state index < -0.39 is 12.0 Å². The van der Waals surface area contributed by atoms with Gasteiger partial charge in [-0.05, 0) is 23.8 Å². The number of carbonyl (C=O) groups is 2. The zero-order chi connectivity index (χ0) is 18.5. The number of carboxylic acid groups (broad SMARTS) is 1. The molecule has 3 aromatic rings. The second-order valence-electron chi connectivity index (χ2n) is 6.08. The van der Waals surface area contributed by atoms with Crippen molar-refractivity contribution in [1.82, 2.24) is 9.88 Å². The SMILES string of the molecule is O=C(CCn1ccc2c(Br)cccc21)NC(Cc1ccccc1)C(=O)O. The quantitative estimate of drug-likeness (QED) is 0.620. The summed E-state index contributed by atoms with van der Waals surface area (Å²) < 4.78 is 3.00. The normalized spacial score (nSPS) is 12.0. The first-order valence-corrected chi connectivity index (χ1v) is 9.13. The first kappa shape index (κ1) is 18.2. The van der Waals surface area contributed by atoms with Crippen LogP contribution in [0.5, 0.6) is 0 Å². The summed E-state index contributed by atoms with van der Waals surface area (Å²) in [7, 11) is 0. The minimum Gasteiger partial charge on any atom is -0.480 e. The van der Waals surface area contributed by atoms with Gasteiger partial charge in [0.25, 0.3) is 0 Å². The number of rotatable bonds is 7. The molecule has 1 aromatic heterocycles. The van der Waals surface area contributed by atoms with E-state index in [4.69, 9.17) is 0 Å². The van der Waals surface area contributed by atoms with Gasteiger partial charge in [0, 0.05) is 41.0 Å². The van der Waals surface area contributed by atoms with Crippen LogP contribution >= 0.6 is 15.9 Å². The molecule has 134 valence electrons. The van der Waals surface area contributed by atoms with E-state index in [1.165, 1.54) is 0 Å². The number of halogens is 1. The van der Waals surface area contributed by atoms with Crippen molar-refractivity contribution < 1.29 is 14.7 Å². The van der Waals surface area contributed by atoms with Crippen LogP contribution in [0.2, 0.25) is 0 Å². The third-order valence-corrected chi connectivity index (χ3v) is 4.95. The highest BCUT2D eigenvalue weighted by molar-refractivity contribution is 9.10. The van der Waals surface area contributed by atoms with E-state index in [2.05, 4.69) is 21.2 Å². The van der Waals surface area contributed by atoms with E-state index >= 15 is 0 Å². The summed E-state index contributed by atoms with van der Waals surface area (Å²) in [5.41, 5.74) is 1.91. The van der Waals surface area contributed by atoms with Crippen LogP contribution in [0.15, 0.2) is 65.3 Å². The molecule has 6 heteroatoms. The highest BCUT2D eigenvalue weighted by Crippen LogP contribution is 2.24. The summed E-state index contributed by atoms with van der Waals surface area (Å²) in [6.45, 7) is 0.490. The van der Waals surface area contributed by atoms with Crippen LogP contribution in [0.25, 0.3) is 10.9 Å². The second-order valence-corrected chi connectivity index (χ2v) is 6.93. The molecule has 1 atom stereocenters. The molecule has 0 saturated heterocycles. The lowest BCUT2D eigenvalue weighted by atomic mass is 10.1. The maximum atomic E-state index is 12.2. The number of nitrogens with one attached hydrogen (secondary N) is 1. The number of carboxylic acids is 1. The predicted molar refractivity (Wildman–Crippen MR) is 104 cm³/mol. The van der Waals surface area contributed by atoms with E-state index in [9.17, 15) is 14.7 Å². The Bertz CT molecular complexity index is 921. The van der Waals surface area contributed by atoms with Crippen LogP contribution in [0.1, 0.15) is 12.0 Å². The molecule has 0 bridgehead atoms. The van der Waals surface area contributed by atoms with Crippen LogP contribution < -0.4 is 5.32 Å². The van der Waals surface area contributed by atoms with E-state index in [0.717, 1.165) is 20.9 Å². The summed E-state index contributed by atoms with van der Waals surface area (Å²) in [4.78, 5) is 23.7. The third-order valence-electron chi connectivity index (χ3n) is 4.26. The number of hydrogen-bond acceptors (Lipinski definition) is 2. The lowest BCUT2D eigenvalue weighted by molar-refractivity contribution is -0.141. The van der Waals surface area contributed by atoms with E-state index in [0.29, 0.717) is 6.54 Å². The van der Waals surface area contributed by atoms with E-state index in [1.807, 2.05) is 65.4 Å². The fraction of sp³-hybridized carbons (Fsp3) is 0.200. The standard InChI is InChI=1S/C20H19BrN2O3/c21-16-7-4-8-18-15(16)9-11-23(18)12-10-19(24)22-17(20(25)26)13-14-5-2-1-3-6-14/h1-9,11,17H,10,12-13H2,(H,22,24)(H,25,26). The van der Waals surface area contributed by atoms with Gasteiger partial charge in [-0.3, -0.25) is 4.79 Å². The minimum absolute atomic E-state index is 0.217. The molecule has 0 aliphatic carbocycles. The van der Waals surface area contributed by atoms with Crippen LogP contribution in [0.3, 0.4) is 0 Å². The lowest BCUT2D eigenvalue weighted by Gasteiger charge is -2.15. The van der Waals surface area contributed by atoms with Gasteiger partial charge in [-0.1, -0.05) is 52.3 Å². The van der Waals surface area contributed by atoms with Gasteiger partial charge in [0.1, 0.15) is 6.04 Å². The molecule has 1 unspecified atom stereocenters. The first-order chi connectivity index (χ1) is 12.5. The van der Waals surface area contributed by atoms with Gasteiger partial charge in [-0.2, -0.15) is 0 Å². The Kier molecular flexibility index (Phi) is 5.73. The van der Waals surface area contributed by atoms with Gasteiger partial charge in [0.2, 0.25) is 5.91 Å². The molecule has 1 amide bonds. The summed E-state index contributed by atoms with van der Waals surface area (Å²) >= 11 is 3.51. The third kappa shape index (κ3) is 4.32. The van der Waals surface area contributed by atoms with Crippen LogP contribution in [-0.4, -0.2) is 27.6 Å². The number of aliphatic carboxylic acids is 1. The Balaban J connectivity index is 1.61. The summed E-state index contributed by atoms with van der Waals surface area (Å²) in [6.07, 6.45) is 2.41. The van der Waals surface area contributed by atoms with Gasteiger partial charge in [0.05, 0.1) is 0 Å². The minimum atomic E-state index is -1.03. The van der Waals surface area contributed by atoms with E-state index in [-0.39, 0.29) is 18.7 Å². The van der Waals surface area contributed by atoms with Gasteiger partial charge in [-0.15, -0.1) is 0 Å². The molecule has 0 fully saturated rings. The van der Waals surface area contributed by atoms with Gasteiger partial charge in [0.15, 0.2) is 0 Å². The van der Waals surface area contributed by atoms with Gasteiger partial charge >= 0.3 is 5.97 Å². The fourth-order valence-electron chi connectivity index (χ4n) is 2.92. The monoisotopic (exact) mass is 414 g/mol. The van der Waals surface area contributed by atoms with Crippen molar-refractivity contribution in [2.24, 2.45) is 0 Å². The van der Waals surface area contributed by atoms with Crippen molar-refractivity contribution in [3.63, 3.8) is 0 Å². The smallest absolute Gasteiger partial charge is 0.326 e. The number of hydrogen-bond donors (Lipinski definition) is 2. The van der Waals surface area contributed by atoms with Crippen molar-refractivity contribution in [3.05, 3.63) is 70.8 Å². The summed E-state index contributed by atoms with van der Waals surface area (Å²) in [6, 6.07) is 16.3. The number of carbonyl (C=O) groups excluding carboxylic acids is 1. The predicted octanol–water partition coefficient (Wildman–Crippen LogP) is 3.61. The summed E-state index contributed by atoms with van der Waals surface area (Å²) in [5, 5.41) is 13.1. The Hall–Kier alpha value is -2.60. The van der Waals surface area contributed by atoms with Crippen LogP contribution in [-0.2, 0) is 22.6 Å². The molecule has 0 radical (unpaired) electrons. The first-order valence-electron chi connectivity index (χ1n) is 8.34. The van der Waals surface area contributed by atoms with Crippen LogP contribution in [0.4, 0.5) is 0 Å². The van der Waals surface area contributed by atoms with Gasteiger partial charge < -0.3 is 15.0 Å². The molecule has 0 aliphatic rings. The van der Waals surface area contributed by atoms with Crippen molar-refractivity contribution >= 4 is 38.7 Å². The van der Waals surface area contributed by atoms with Crippen LogP contribution in [0, 0.1) is 0 Å². The van der Waals surface area contributed by atoms with Crippen molar-refractivity contribution in [1.29, 1.82) is 0 Å². The highest BCUT2D eigenvalue weighted by Gasteiger charge is 2.20. The average Bonchev–Trinajstić information content (AvgIpc) is 3.05. The number of aryl methyl sites for hydroxylation is 1. The number of amides is 1. The molecule has 3 rings (SSSR count). The van der Waals surface area contributed by atoms with Crippen molar-refractivity contribution in [3.8, 4) is 0 Å². The zero-order valence-electron chi connectivity index (χ0n) is 14.1. The second kappa shape index (κ2) is 8.19. The molecule has 0 aliphatic heterocycles. The number of fused-ring (bicyclic) bond motifs is 1. The average molecular weight is 415 g/mol. The Morgan fingerprint density at radius 1 is 1.08 bits per heavy atom. The zero-order valence-corrected chi connectivity index (χ0v) is 15.6. The van der Waals surface area contributed by atoms with E-state index in [1.54, 1.807) is 0 Å². The molecule has 2 N–H and O–H groups in total. The molecular formula is C20H19BrN2O3. The molecule has 2 aromatic carbocycles. The number of nitrogens with zero attached hydrogens (tertiary/aromatic N) is 1. The highest BCUT2D eigenvalue weighted by atomic mass is 79.9. The lowest BCUT2D eigenvalue weighted by Crippen LogP contribution is -2.42. The largest absolute Gasteiger partial charge is 0.480 e. The number of aromatic nitrogens is 1. The van der Waals surface area contributed by atoms with Crippen molar-refractivity contribution in [2.75, 3.05) is 0 Å². The maximum Gasteiger partial charge on any atom is 0.326 e. The number of benzene rings is 2. The van der Waals surface area contributed by atoms with Crippen molar-refractivity contribution in [2.45, 2.75) is 25.4 Å². The fourth-order valence-corrected chi connectivity index (χ4v) is 3.41. The Morgan fingerprint density at radius 2 is 1.85 bits per heavy atom. The molecular weight excluding hydrogens is 396 g/mol. The Morgan fingerprint density at radius 3 is 2.58 bits per heavy atom. The molecule has 1 heterocycles. The van der Waals surface area contributed by atoms with Gasteiger partial charge in [-0.25, -0.2) is 4.79 Å². The molecule has 0 spiro atoms. The molecule has 0 saturated carbocycles. The molecule has 26 heavy (non-hydrogen) atoms.